The van der Waals surface area contributed by atoms with Crippen molar-refractivity contribution in [2.45, 2.75) is 19.4 Å². The molecule has 0 saturated carbocycles. The van der Waals surface area contributed by atoms with Crippen molar-refractivity contribution in [1.29, 1.82) is 0 Å². The van der Waals surface area contributed by atoms with Crippen molar-refractivity contribution in [3.05, 3.63) is 66.5 Å². The number of H-pyrrole nitrogens is 1. The van der Waals surface area contributed by atoms with Crippen LogP contribution in [-0.4, -0.2) is 15.1 Å². The Labute approximate surface area is 124 Å². The first-order valence-corrected chi connectivity index (χ1v) is 7.04. The van der Waals surface area contributed by atoms with Crippen LogP contribution in [0.4, 0.5) is 0 Å². The number of allylic oxidation sites excluding steroid dienone is 1. The van der Waals surface area contributed by atoms with E-state index in [1.165, 1.54) is 5.56 Å². The van der Waals surface area contributed by atoms with Gasteiger partial charge in [-0.1, -0.05) is 30.3 Å². The molecule has 1 heterocycles. The quantitative estimate of drug-likeness (QED) is 0.708. The third-order valence-electron chi connectivity index (χ3n) is 3.68. The van der Waals surface area contributed by atoms with Gasteiger partial charge in [-0.25, -0.2) is 4.98 Å². The molecule has 21 heavy (non-hydrogen) atoms. The summed E-state index contributed by atoms with van der Waals surface area (Å²) in [5.41, 5.74) is 6.17. The number of aromatic nitrogens is 2. The van der Waals surface area contributed by atoms with Crippen molar-refractivity contribution < 1.29 is 5.11 Å². The molecular formula is C18H18N2O. The number of imidazole rings is 1. The second-order valence-corrected chi connectivity index (χ2v) is 5.22. The fourth-order valence-electron chi connectivity index (χ4n) is 2.61. The van der Waals surface area contributed by atoms with Crippen molar-refractivity contribution in [2.75, 3.05) is 0 Å². The fraction of sp³-hybridized carbons (Fsp3) is 0.167. The number of nitrogens with one attached hydrogen (secondary N) is 1. The first-order valence-electron chi connectivity index (χ1n) is 7.04. The van der Waals surface area contributed by atoms with Gasteiger partial charge < -0.3 is 10.1 Å². The molecule has 106 valence electrons. The van der Waals surface area contributed by atoms with Crippen molar-refractivity contribution in [3.63, 3.8) is 0 Å². The van der Waals surface area contributed by atoms with Gasteiger partial charge >= 0.3 is 0 Å². The van der Waals surface area contributed by atoms with Crippen LogP contribution < -0.4 is 0 Å². The van der Waals surface area contributed by atoms with E-state index < -0.39 is 6.10 Å². The Morgan fingerprint density at radius 3 is 2.90 bits per heavy atom. The third kappa shape index (κ3) is 2.60. The maximum Gasteiger partial charge on any atom is 0.0931 e. The zero-order valence-electron chi connectivity index (χ0n) is 12.0. The number of aromatic amines is 1. The summed E-state index contributed by atoms with van der Waals surface area (Å²) in [6.45, 7) is 5.58. The van der Waals surface area contributed by atoms with Crippen LogP contribution >= 0.6 is 0 Å². The lowest BCUT2D eigenvalue weighted by atomic mass is 9.93. The summed E-state index contributed by atoms with van der Waals surface area (Å²) in [6, 6.07) is 12.3. The molecule has 3 aromatic rings. The summed E-state index contributed by atoms with van der Waals surface area (Å²) in [7, 11) is 0. The topological polar surface area (TPSA) is 48.9 Å². The zero-order valence-corrected chi connectivity index (χ0v) is 12.0. The fourth-order valence-corrected chi connectivity index (χ4v) is 2.61. The average Bonchev–Trinajstić information content (AvgIpc) is 2.94. The minimum Gasteiger partial charge on any atom is -0.389 e. The van der Waals surface area contributed by atoms with E-state index in [1.807, 2.05) is 30.3 Å². The SMILES string of the molecule is C=CCc1ccc(C(C)O)c(-c2ccc3[nH]cnc3c2)c1. The van der Waals surface area contributed by atoms with E-state index >= 15 is 0 Å². The van der Waals surface area contributed by atoms with Crippen molar-refractivity contribution in [3.8, 4) is 11.1 Å². The summed E-state index contributed by atoms with van der Waals surface area (Å²) in [4.78, 5) is 7.40. The highest BCUT2D eigenvalue weighted by atomic mass is 16.3. The third-order valence-corrected chi connectivity index (χ3v) is 3.68. The van der Waals surface area contributed by atoms with Crippen LogP contribution in [0.25, 0.3) is 22.2 Å². The van der Waals surface area contributed by atoms with E-state index in [1.54, 1.807) is 13.3 Å². The van der Waals surface area contributed by atoms with E-state index in [0.29, 0.717) is 0 Å². The van der Waals surface area contributed by atoms with E-state index in [4.69, 9.17) is 0 Å². The van der Waals surface area contributed by atoms with Gasteiger partial charge in [0.15, 0.2) is 0 Å². The molecule has 0 spiro atoms. The van der Waals surface area contributed by atoms with Gasteiger partial charge in [0, 0.05) is 0 Å². The molecule has 0 aliphatic heterocycles. The van der Waals surface area contributed by atoms with Crippen LogP contribution in [0.3, 0.4) is 0 Å². The highest BCUT2D eigenvalue weighted by molar-refractivity contribution is 5.82. The molecule has 1 aromatic heterocycles. The average molecular weight is 278 g/mol. The minimum absolute atomic E-state index is 0.507. The monoisotopic (exact) mass is 278 g/mol. The zero-order chi connectivity index (χ0) is 14.8. The van der Waals surface area contributed by atoms with E-state index in [0.717, 1.165) is 34.1 Å². The Hall–Kier alpha value is -2.39. The second kappa shape index (κ2) is 5.54. The summed E-state index contributed by atoms with van der Waals surface area (Å²) < 4.78 is 0. The molecule has 3 nitrogen and oxygen atoms in total. The molecule has 0 saturated heterocycles. The molecule has 2 aromatic carbocycles. The highest BCUT2D eigenvalue weighted by Crippen LogP contribution is 2.31. The largest absolute Gasteiger partial charge is 0.389 e. The standard InChI is InChI=1S/C18H18N2O/c1-3-4-13-5-7-15(12(2)21)16(9-13)14-6-8-17-18(10-14)20-11-19-17/h3,5-12,21H,1,4H2,2H3,(H,19,20). The van der Waals surface area contributed by atoms with E-state index in [-0.39, 0.29) is 0 Å². The van der Waals surface area contributed by atoms with Crippen molar-refractivity contribution in [2.24, 2.45) is 0 Å². The van der Waals surface area contributed by atoms with Crippen LogP contribution in [-0.2, 0) is 6.42 Å². The number of hydrogen-bond acceptors (Lipinski definition) is 2. The molecule has 0 aliphatic carbocycles. The second-order valence-electron chi connectivity index (χ2n) is 5.22. The molecule has 0 fully saturated rings. The number of nitrogens with zero attached hydrogens (tertiary/aromatic N) is 1. The Morgan fingerprint density at radius 2 is 2.14 bits per heavy atom. The van der Waals surface area contributed by atoms with Gasteiger partial charge in [0.1, 0.15) is 0 Å². The van der Waals surface area contributed by atoms with Crippen LogP contribution in [0.2, 0.25) is 0 Å². The summed E-state index contributed by atoms with van der Waals surface area (Å²) in [5.74, 6) is 0. The van der Waals surface area contributed by atoms with Gasteiger partial charge in [-0.3, -0.25) is 0 Å². The Kier molecular flexibility index (Phi) is 3.59. The number of aliphatic hydroxyl groups is 1. The summed E-state index contributed by atoms with van der Waals surface area (Å²) >= 11 is 0. The molecule has 3 heteroatoms. The van der Waals surface area contributed by atoms with Crippen LogP contribution in [0.5, 0.6) is 0 Å². The van der Waals surface area contributed by atoms with E-state index in [2.05, 4.69) is 28.7 Å². The summed E-state index contributed by atoms with van der Waals surface area (Å²) in [5, 5.41) is 10.0. The lowest BCUT2D eigenvalue weighted by Gasteiger charge is -2.14. The van der Waals surface area contributed by atoms with Gasteiger partial charge in [-0.15, -0.1) is 6.58 Å². The first kappa shape index (κ1) is 13.6. The Bertz CT molecular complexity index is 787. The molecular weight excluding hydrogens is 260 g/mol. The molecule has 1 unspecified atom stereocenters. The number of fused-ring (bicyclic) bond motifs is 1. The molecule has 0 aliphatic rings. The van der Waals surface area contributed by atoms with Gasteiger partial charge in [0.2, 0.25) is 0 Å². The normalized spacial score (nSPS) is 12.5. The molecule has 3 rings (SSSR count). The number of hydrogen-bond donors (Lipinski definition) is 2. The van der Waals surface area contributed by atoms with Crippen molar-refractivity contribution in [1.82, 2.24) is 9.97 Å². The van der Waals surface area contributed by atoms with Crippen LogP contribution in [0.15, 0.2) is 55.4 Å². The summed E-state index contributed by atoms with van der Waals surface area (Å²) in [6.07, 6.45) is 3.89. The Morgan fingerprint density at radius 1 is 1.29 bits per heavy atom. The lowest BCUT2D eigenvalue weighted by Crippen LogP contribution is -1.97. The van der Waals surface area contributed by atoms with Crippen molar-refractivity contribution >= 4 is 11.0 Å². The molecule has 0 bridgehead atoms. The minimum atomic E-state index is -0.507. The van der Waals surface area contributed by atoms with Gasteiger partial charge in [0.25, 0.3) is 0 Å². The van der Waals surface area contributed by atoms with E-state index in [9.17, 15) is 5.11 Å². The predicted octanol–water partition coefficient (Wildman–Crippen LogP) is 4.01. The Balaban J connectivity index is 2.17. The van der Waals surface area contributed by atoms with Gasteiger partial charge in [-0.05, 0) is 47.7 Å². The van der Waals surface area contributed by atoms with Gasteiger partial charge in [0.05, 0.1) is 23.5 Å². The molecule has 0 amide bonds. The van der Waals surface area contributed by atoms with Gasteiger partial charge in [-0.2, -0.15) is 0 Å². The first-order chi connectivity index (χ1) is 10.2. The predicted molar refractivity (Wildman–Crippen MR) is 86.1 cm³/mol. The van der Waals surface area contributed by atoms with Crippen LogP contribution in [0.1, 0.15) is 24.2 Å². The maximum absolute atomic E-state index is 10.0. The molecule has 0 radical (unpaired) electrons. The molecule has 1 atom stereocenters. The lowest BCUT2D eigenvalue weighted by molar-refractivity contribution is 0.200. The number of rotatable bonds is 4. The smallest absolute Gasteiger partial charge is 0.0931 e. The number of aliphatic hydroxyl groups excluding tert-OH is 1. The molecule has 2 N–H and O–H groups in total. The highest BCUT2D eigenvalue weighted by Gasteiger charge is 2.11. The van der Waals surface area contributed by atoms with Crippen LogP contribution in [0, 0.1) is 0 Å². The number of benzene rings is 2. The maximum atomic E-state index is 10.0.